The van der Waals surface area contributed by atoms with Crippen molar-refractivity contribution in [3.05, 3.63) is 90.2 Å². The Morgan fingerprint density at radius 1 is 1.05 bits per heavy atom. The number of carbonyl (C=O) groups is 3. The zero-order valence-corrected chi connectivity index (χ0v) is 24.3. The number of rotatable bonds is 8. The van der Waals surface area contributed by atoms with Gasteiger partial charge in [-0.05, 0) is 87.9 Å². The van der Waals surface area contributed by atoms with E-state index in [2.05, 4.69) is 21.2 Å². The maximum atomic E-state index is 12.9. The van der Waals surface area contributed by atoms with Crippen LogP contribution in [0.1, 0.15) is 11.1 Å². The minimum Gasteiger partial charge on any atom is -0.493 e. The molecule has 38 heavy (non-hydrogen) atoms. The van der Waals surface area contributed by atoms with Crippen LogP contribution in [0.4, 0.5) is 10.5 Å². The second-order valence-electron chi connectivity index (χ2n) is 7.88. The molecular formula is C26H18BrCl3N2O5S. The first kappa shape index (κ1) is 28.3. The number of ether oxygens (including phenoxy) is 2. The van der Waals surface area contributed by atoms with Crippen LogP contribution in [0.3, 0.4) is 0 Å². The average Bonchev–Trinajstić information content (AvgIpc) is 3.12. The highest BCUT2D eigenvalue weighted by molar-refractivity contribution is 9.10. The maximum absolute atomic E-state index is 12.9. The van der Waals surface area contributed by atoms with Crippen molar-refractivity contribution in [3.63, 3.8) is 0 Å². The Balaban J connectivity index is 1.47. The number of imide groups is 1. The summed E-state index contributed by atoms with van der Waals surface area (Å²) in [5.74, 6) is -0.249. The number of hydrogen-bond acceptors (Lipinski definition) is 6. The van der Waals surface area contributed by atoms with Gasteiger partial charge >= 0.3 is 0 Å². The lowest BCUT2D eigenvalue weighted by atomic mass is 10.1. The van der Waals surface area contributed by atoms with Crippen molar-refractivity contribution < 1.29 is 23.9 Å². The molecule has 7 nitrogen and oxygen atoms in total. The minimum atomic E-state index is -0.570. The fourth-order valence-corrected chi connectivity index (χ4v) is 5.42. The lowest BCUT2D eigenvalue weighted by Gasteiger charge is -2.14. The van der Waals surface area contributed by atoms with E-state index in [9.17, 15) is 14.4 Å². The van der Waals surface area contributed by atoms with E-state index in [1.165, 1.54) is 7.11 Å². The van der Waals surface area contributed by atoms with Crippen molar-refractivity contribution in [2.45, 2.75) is 6.61 Å². The van der Waals surface area contributed by atoms with Crippen molar-refractivity contribution in [2.24, 2.45) is 0 Å². The van der Waals surface area contributed by atoms with Gasteiger partial charge in [0.2, 0.25) is 5.91 Å². The molecule has 0 saturated carbocycles. The molecule has 0 unspecified atom stereocenters. The van der Waals surface area contributed by atoms with E-state index in [0.717, 1.165) is 22.2 Å². The number of thioether (sulfide) groups is 1. The Morgan fingerprint density at radius 3 is 2.45 bits per heavy atom. The molecule has 1 saturated heterocycles. The Kier molecular flexibility index (Phi) is 9.27. The maximum Gasteiger partial charge on any atom is 0.294 e. The second kappa shape index (κ2) is 12.4. The molecule has 12 heteroatoms. The molecule has 3 aromatic rings. The van der Waals surface area contributed by atoms with Gasteiger partial charge in [-0.1, -0.05) is 40.9 Å². The third-order valence-corrected chi connectivity index (χ3v) is 7.58. The van der Waals surface area contributed by atoms with Crippen molar-refractivity contribution >= 4 is 91.3 Å². The molecule has 3 amide bonds. The van der Waals surface area contributed by atoms with Crippen LogP contribution in [0.2, 0.25) is 15.1 Å². The Morgan fingerprint density at radius 2 is 1.76 bits per heavy atom. The summed E-state index contributed by atoms with van der Waals surface area (Å²) in [4.78, 5) is 38.9. The number of carbonyl (C=O) groups excluding carboxylic acids is 3. The Bertz CT molecular complexity index is 1450. The van der Waals surface area contributed by atoms with Gasteiger partial charge in [0, 0.05) is 26.3 Å². The van der Waals surface area contributed by atoms with E-state index in [4.69, 9.17) is 44.3 Å². The van der Waals surface area contributed by atoms with Gasteiger partial charge in [-0.3, -0.25) is 19.3 Å². The van der Waals surface area contributed by atoms with E-state index in [-0.39, 0.29) is 11.5 Å². The van der Waals surface area contributed by atoms with Crippen molar-refractivity contribution in [1.82, 2.24) is 4.90 Å². The van der Waals surface area contributed by atoms with E-state index >= 15 is 0 Å². The molecule has 1 N–H and O–H groups in total. The lowest BCUT2D eigenvalue weighted by Crippen LogP contribution is -2.36. The Labute approximate surface area is 246 Å². The highest BCUT2D eigenvalue weighted by Crippen LogP contribution is 2.40. The van der Waals surface area contributed by atoms with E-state index in [0.29, 0.717) is 42.3 Å². The van der Waals surface area contributed by atoms with Gasteiger partial charge in [-0.2, -0.15) is 0 Å². The molecule has 0 radical (unpaired) electrons. The normalized spacial score (nSPS) is 14.2. The summed E-state index contributed by atoms with van der Waals surface area (Å²) >= 11 is 22.3. The smallest absolute Gasteiger partial charge is 0.294 e. The number of anilines is 1. The monoisotopic (exact) mass is 654 g/mol. The first-order valence-electron chi connectivity index (χ1n) is 10.9. The van der Waals surface area contributed by atoms with Crippen LogP contribution in [0.25, 0.3) is 6.08 Å². The largest absolute Gasteiger partial charge is 0.493 e. The van der Waals surface area contributed by atoms with E-state index < -0.39 is 23.6 Å². The fourth-order valence-electron chi connectivity index (χ4n) is 3.42. The highest BCUT2D eigenvalue weighted by atomic mass is 79.9. The SMILES string of the molecule is COc1cc(/C=C2/SC(=O)N(CC(=O)Nc3ccc(Cl)cc3)C2=O)cc(Br)c1OCc1ccc(Cl)cc1Cl. The second-order valence-corrected chi connectivity index (χ2v) is 11.0. The third kappa shape index (κ3) is 6.84. The summed E-state index contributed by atoms with van der Waals surface area (Å²) in [6.07, 6.45) is 1.55. The summed E-state index contributed by atoms with van der Waals surface area (Å²) in [6.45, 7) is -0.251. The zero-order valence-electron chi connectivity index (χ0n) is 19.6. The number of nitrogens with zero attached hydrogens (tertiary/aromatic N) is 1. The predicted octanol–water partition coefficient (Wildman–Crippen LogP) is 7.67. The first-order valence-corrected chi connectivity index (χ1v) is 13.6. The van der Waals surface area contributed by atoms with Crippen LogP contribution in [0.15, 0.2) is 64.0 Å². The van der Waals surface area contributed by atoms with Gasteiger partial charge in [-0.25, -0.2) is 0 Å². The summed E-state index contributed by atoms with van der Waals surface area (Å²) in [6, 6.07) is 15.0. The number of amides is 3. The first-order chi connectivity index (χ1) is 18.1. The molecule has 0 atom stereocenters. The van der Waals surface area contributed by atoms with Crippen LogP contribution in [0.5, 0.6) is 11.5 Å². The molecule has 0 aliphatic carbocycles. The molecule has 1 aliphatic heterocycles. The molecule has 196 valence electrons. The molecule has 1 heterocycles. The predicted molar refractivity (Wildman–Crippen MR) is 154 cm³/mol. The number of methoxy groups -OCH3 is 1. The summed E-state index contributed by atoms with van der Waals surface area (Å²) in [7, 11) is 1.49. The van der Waals surface area contributed by atoms with Gasteiger partial charge in [0.25, 0.3) is 11.1 Å². The van der Waals surface area contributed by atoms with Crippen molar-refractivity contribution in [2.75, 3.05) is 19.0 Å². The standard InChI is InChI=1S/C26H18BrCl3N2O5S/c1-36-21-9-14(8-19(27)24(21)37-13-15-2-3-17(29)11-20(15)30)10-22-25(34)32(26(35)38-22)12-23(33)31-18-6-4-16(28)5-7-18/h2-11H,12-13H2,1H3,(H,31,33)/b22-10+. The average molecular weight is 657 g/mol. The molecule has 0 aromatic heterocycles. The summed E-state index contributed by atoms with van der Waals surface area (Å²) < 4.78 is 12.0. The summed E-state index contributed by atoms with van der Waals surface area (Å²) in [5, 5.41) is 3.61. The van der Waals surface area contributed by atoms with Crippen LogP contribution in [0, 0.1) is 0 Å². The summed E-state index contributed by atoms with van der Waals surface area (Å²) in [5.41, 5.74) is 1.82. The molecule has 1 fully saturated rings. The molecule has 3 aromatic carbocycles. The number of benzene rings is 3. The van der Waals surface area contributed by atoms with Crippen LogP contribution < -0.4 is 14.8 Å². The quantitative estimate of drug-likeness (QED) is 0.251. The molecule has 4 rings (SSSR count). The van der Waals surface area contributed by atoms with Crippen LogP contribution in [-0.4, -0.2) is 35.6 Å². The van der Waals surface area contributed by atoms with Gasteiger partial charge in [0.1, 0.15) is 13.2 Å². The van der Waals surface area contributed by atoms with E-state index in [1.54, 1.807) is 60.7 Å². The third-order valence-electron chi connectivity index (χ3n) is 5.24. The molecular weight excluding hydrogens is 639 g/mol. The van der Waals surface area contributed by atoms with Gasteiger partial charge < -0.3 is 14.8 Å². The minimum absolute atomic E-state index is 0.168. The molecule has 0 spiro atoms. The number of hydrogen-bond donors (Lipinski definition) is 1. The van der Waals surface area contributed by atoms with Crippen LogP contribution >= 0.6 is 62.5 Å². The fraction of sp³-hybridized carbons (Fsp3) is 0.115. The van der Waals surface area contributed by atoms with Gasteiger partial charge in [0.05, 0.1) is 16.5 Å². The topological polar surface area (TPSA) is 84.9 Å². The van der Waals surface area contributed by atoms with E-state index in [1.807, 2.05) is 0 Å². The number of halogens is 4. The van der Waals surface area contributed by atoms with Crippen LogP contribution in [-0.2, 0) is 16.2 Å². The zero-order chi connectivity index (χ0) is 27.4. The molecule has 1 aliphatic rings. The van der Waals surface area contributed by atoms with Gasteiger partial charge in [-0.15, -0.1) is 0 Å². The van der Waals surface area contributed by atoms with Gasteiger partial charge in [0.15, 0.2) is 11.5 Å². The lowest BCUT2D eigenvalue weighted by molar-refractivity contribution is -0.127. The van der Waals surface area contributed by atoms with Crippen molar-refractivity contribution in [1.29, 1.82) is 0 Å². The highest BCUT2D eigenvalue weighted by Gasteiger charge is 2.36. The number of nitrogens with one attached hydrogen (secondary N) is 1. The van der Waals surface area contributed by atoms with Crippen molar-refractivity contribution in [3.8, 4) is 11.5 Å². The Hall–Kier alpha value is -2.69. The molecule has 0 bridgehead atoms.